The second kappa shape index (κ2) is 9.46. The average Bonchev–Trinajstić information content (AvgIpc) is 2.28. The fourth-order valence-electron chi connectivity index (χ4n) is 1.40. The summed E-state index contributed by atoms with van der Waals surface area (Å²) in [7, 11) is 2.06. The summed E-state index contributed by atoms with van der Waals surface area (Å²) in [5, 5.41) is 0. The summed E-state index contributed by atoms with van der Waals surface area (Å²) in [4.78, 5) is 15.4. The molecule has 0 aliphatic heterocycles. The Balaban J connectivity index is 3.60. The molecule has 1 amide bonds. The Morgan fingerprint density at radius 2 is 1.75 bits per heavy atom. The van der Waals surface area contributed by atoms with Gasteiger partial charge in [-0.3, -0.25) is 0 Å². The molecule has 16 heavy (non-hydrogen) atoms. The summed E-state index contributed by atoms with van der Waals surface area (Å²) in [6.45, 7) is 9.87. The third-order valence-electron chi connectivity index (χ3n) is 2.61. The molecule has 0 heterocycles. The van der Waals surface area contributed by atoms with Crippen molar-refractivity contribution < 1.29 is 9.53 Å². The highest BCUT2D eigenvalue weighted by Crippen LogP contribution is 1.95. The van der Waals surface area contributed by atoms with Gasteiger partial charge in [0.15, 0.2) is 0 Å². The Morgan fingerprint density at radius 3 is 2.25 bits per heavy atom. The highest BCUT2D eigenvalue weighted by Gasteiger charge is 2.10. The molecule has 96 valence electrons. The van der Waals surface area contributed by atoms with Crippen LogP contribution in [0.4, 0.5) is 4.79 Å². The lowest BCUT2D eigenvalue weighted by molar-refractivity contribution is 0.0967. The first-order valence-electron chi connectivity index (χ1n) is 6.25. The molecule has 0 atom stereocenters. The van der Waals surface area contributed by atoms with Gasteiger partial charge in [0, 0.05) is 19.6 Å². The molecule has 0 saturated heterocycles. The number of rotatable bonds is 8. The van der Waals surface area contributed by atoms with Gasteiger partial charge in [-0.15, -0.1) is 0 Å². The number of ether oxygens (including phenoxy) is 1. The molecule has 0 spiro atoms. The zero-order valence-corrected chi connectivity index (χ0v) is 11.2. The summed E-state index contributed by atoms with van der Waals surface area (Å²) >= 11 is 0. The minimum atomic E-state index is -0.200. The molecule has 0 aromatic heterocycles. The largest absolute Gasteiger partial charge is 0.448 e. The molecular weight excluding hydrogens is 204 g/mol. The Morgan fingerprint density at radius 1 is 1.12 bits per heavy atom. The number of hydrogen-bond donors (Lipinski definition) is 0. The maximum absolute atomic E-state index is 11.5. The van der Waals surface area contributed by atoms with Gasteiger partial charge in [-0.05, 0) is 33.9 Å². The van der Waals surface area contributed by atoms with Crippen LogP contribution in [-0.4, -0.2) is 55.7 Å². The van der Waals surface area contributed by atoms with Crippen LogP contribution in [0.15, 0.2) is 0 Å². The Bertz CT molecular complexity index is 182. The summed E-state index contributed by atoms with van der Waals surface area (Å²) < 4.78 is 5.18. The fraction of sp³-hybridized carbons (Fsp3) is 0.917. The minimum absolute atomic E-state index is 0.200. The first kappa shape index (κ1) is 15.2. The van der Waals surface area contributed by atoms with Crippen LogP contribution < -0.4 is 0 Å². The van der Waals surface area contributed by atoms with Crippen molar-refractivity contribution in [3.63, 3.8) is 0 Å². The van der Waals surface area contributed by atoms with E-state index in [2.05, 4.69) is 18.9 Å². The van der Waals surface area contributed by atoms with E-state index < -0.39 is 0 Å². The molecule has 0 N–H and O–H groups in total. The molecule has 0 fully saturated rings. The molecule has 0 aliphatic rings. The van der Waals surface area contributed by atoms with Gasteiger partial charge in [0.2, 0.25) is 0 Å². The number of likely N-dealkylation sites (N-methyl/N-ethyl adjacent to an activating group) is 1. The third kappa shape index (κ3) is 6.67. The van der Waals surface area contributed by atoms with Crippen LogP contribution in [0.25, 0.3) is 0 Å². The maximum atomic E-state index is 11.5. The quantitative estimate of drug-likeness (QED) is 0.641. The molecule has 0 aliphatic carbocycles. The van der Waals surface area contributed by atoms with Gasteiger partial charge in [-0.25, -0.2) is 4.79 Å². The topological polar surface area (TPSA) is 32.8 Å². The average molecular weight is 230 g/mol. The molecule has 4 nitrogen and oxygen atoms in total. The van der Waals surface area contributed by atoms with Gasteiger partial charge >= 0.3 is 6.09 Å². The Hall–Kier alpha value is -0.770. The summed E-state index contributed by atoms with van der Waals surface area (Å²) in [5.41, 5.74) is 0. The molecule has 0 aromatic rings. The van der Waals surface area contributed by atoms with E-state index in [4.69, 9.17) is 4.74 Å². The van der Waals surface area contributed by atoms with E-state index in [0.717, 1.165) is 13.1 Å². The molecule has 0 radical (unpaired) electrons. The zero-order valence-electron chi connectivity index (χ0n) is 11.2. The van der Waals surface area contributed by atoms with Crippen LogP contribution in [-0.2, 0) is 4.74 Å². The normalized spacial score (nSPS) is 10.6. The van der Waals surface area contributed by atoms with Crippen LogP contribution in [0.5, 0.6) is 0 Å². The smallest absolute Gasteiger partial charge is 0.409 e. The lowest BCUT2D eigenvalue weighted by atomic mass is 10.3. The van der Waals surface area contributed by atoms with E-state index in [-0.39, 0.29) is 6.09 Å². The second-order valence-electron chi connectivity index (χ2n) is 3.94. The van der Waals surface area contributed by atoms with Crippen molar-refractivity contribution in [2.24, 2.45) is 0 Å². The second-order valence-corrected chi connectivity index (χ2v) is 3.94. The van der Waals surface area contributed by atoms with Crippen LogP contribution in [0.3, 0.4) is 0 Å². The fourth-order valence-corrected chi connectivity index (χ4v) is 1.40. The van der Waals surface area contributed by atoms with Crippen molar-refractivity contribution in [3.05, 3.63) is 0 Å². The van der Waals surface area contributed by atoms with Gasteiger partial charge in [-0.1, -0.05) is 13.3 Å². The van der Waals surface area contributed by atoms with E-state index in [1.807, 2.05) is 13.8 Å². The third-order valence-corrected chi connectivity index (χ3v) is 2.61. The van der Waals surface area contributed by atoms with E-state index >= 15 is 0 Å². The van der Waals surface area contributed by atoms with Crippen LogP contribution >= 0.6 is 0 Å². The van der Waals surface area contributed by atoms with Crippen LogP contribution in [0.1, 0.15) is 33.6 Å². The predicted molar refractivity (Wildman–Crippen MR) is 66.7 cm³/mol. The van der Waals surface area contributed by atoms with Crippen LogP contribution in [0, 0.1) is 0 Å². The summed E-state index contributed by atoms with van der Waals surface area (Å²) in [6, 6.07) is 0. The van der Waals surface area contributed by atoms with Gasteiger partial charge in [0.25, 0.3) is 0 Å². The van der Waals surface area contributed by atoms with Crippen molar-refractivity contribution >= 4 is 6.09 Å². The predicted octanol–water partition coefficient (Wildman–Crippen LogP) is 2.20. The highest BCUT2D eigenvalue weighted by molar-refractivity contribution is 5.67. The minimum Gasteiger partial charge on any atom is -0.448 e. The highest BCUT2D eigenvalue weighted by atomic mass is 16.6. The first-order valence-corrected chi connectivity index (χ1v) is 6.25. The number of carbonyl (C=O) groups excluding carboxylic acids is 1. The van der Waals surface area contributed by atoms with Gasteiger partial charge in [0.1, 0.15) is 6.61 Å². The van der Waals surface area contributed by atoms with Crippen molar-refractivity contribution in [2.75, 3.05) is 39.8 Å². The number of unbranched alkanes of at least 4 members (excludes halogenated alkanes) is 1. The monoisotopic (exact) mass is 230 g/mol. The number of amides is 1. The first-order chi connectivity index (χ1) is 7.65. The lowest BCUT2D eigenvalue weighted by Crippen LogP contribution is -2.33. The molecule has 0 saturated carbocycles. The van der Waals surface area contributed by atoms with Crippen molar-refractivity contribution in [3.8, 4) is 0 Å². The van der Waals surface area contributed by atoms with E-state index in [9.17, 15) is 4.79 Å². The van der Waals surface area contributed by atoms with Crippen molar-refractivity contribution in [1.29, 1.82) is 0 Å². The molecular formula is C12H26N2O2. The van der Waals surface area contributed by atoms with E-state index in [1.165, 1.54) is 12.8 Å². The molecule has 0 rings (SSSR count). The number of hydrogen-bond acceptors (Lipinski definition) is 3. The molecule has 0 unspecified atom stereocenters. The number of nitrogens with zero attached hydrogens (tertiary/aromatic N) is 2. The Kier molecular flexibility index (Phi) is 9.00. The van der Waals surface area contributed by atoms with E-state index in [0.29, 0.717) is 19.7 Å². The maximum Gasteiger partial charge on any atom is 0.409 e. The van der Waals surface area contributed by atoms with Crippen LogP contribution in [0.2, 0.25) is 0 Å². The SMILES string of the molecule is CCCCN(C)CCOC(=O)N(CC)CC. The lowest BCUT2D eigenvalue weighted by Gasteiger charge is -2.20. The standard InChI is InChI=1S/C12H26N2O2/c1-5-8-9-13(4)10-11-16-12(15)14(6-2)7-3/h5-11H2,1-4H3. The summed E-state index contributed by atoms with van der Waals surface area (Å²) in [5.74, 6) is 0. The van der Waals surface area contributed by atoms with E-state index in [1.54, 1.807) is 4.90 Å². The van der Waals surface area contributed by atoms with Gasteiger partial charge in [0.05, 0.1) is 0 Å². The van der Waals surface area contributed by atoms with Crippen molar-refractivity contribution in [2.45, 2.75) is 33.6 Å². The zero-order chi connectivity index (χ0) is 12.4. The number of carbonyl (C=O) groups is 1. The van der Waals surface area contributed by atoms with Gasteiger partial charge in [-0.2, -0.15) is 0 Å². The van der Waals surface area contributed by atoms with Gasteiger partial charge < -0.3 is 14.5 Å². The molecule has 4 heteroatoms. The van der Waals surface area contributed by atoms with Crippen molar-refractivity contribution in [1.82, 2.24) is 9.80 Å². The molecule has 0 aromatic carbocycles. The molecule has 0 bridgehead atoms. The Labute approximate surface area is 99.5 Å². The summed E-state index contributed by atoms with van der Waals surface area (Å²) in [6.07, 6.45) is 2.19.